The van der Waals surface area contributed by atoms with Crippen LogP contribution in [0, 0.1) is 0 Å². The molecule has 0 aliphatic carbocycles. The fourth-order valence-electron chi connectivity index (χ4n) is 3.52. The quantitative estimate of drug-likeness (QED) is 0.444. The van der Waals surface area contributed by atoms with Crippen molar-refractivity contribution < 1.29 is 23.9 Å². The van der Waals surface area contributed by atoms with Crippen molar-refractivity contribution in [2.45, 2.75) is 51.7 Å². The van der Waals surface area contributed by atoms with Gasteiger partial charge >= 0.3 is 5.97 Å². The Balaban J connectivity index is 1.50. The van der Waals surface area contributed by atoms with Crippen LogP contribution in [0.2, 0.25) is 0 Å². The van der Waals surface area contributed by atoms with E-state index in [9.17, 15) is 14.4 Å². The van der Waals surface area contributed by atoms with Crippen LogP contribution >= 0.6 is 0 Å². The van der Waals surface area contributed by atoms with Gasteiger partial charge in [0.05, 0.1) is 29.6 Å². The van der Waals surface area contributed by atoms with Crippen LogP contribution < -0.4 is 4.90 Å². The zero-order valence-electron chi connectivity index (χ0n) is 15.3. The molecule has 26 heavy (non-hydrogen) atoms. The van der Waals surface area contributed by atoms with E-state index in [1.807, 2.05) is 6.92 Å². The van der Waals surface area contributed by atoms with Crippen LogP contribution in [0.1, 0.15) is 50.4 Å². The summed E-state index contributed by atoms with van der Waals surface area (Å²) in [6.45, 7) is 6.05. The van der Waals surface area contributed by atoms with Crippen LogP contribution in [-0.4, -0.2) is 36.1 Å². The summed E-state index contributed by atoms with van der Waals surface area (Å²) in [5, 5.41) is 0. The number of nitrogens with zero attached hydrogens (tertiary/aromatic N) is 1. The molecule has 2 atom stereocenters. The number of hydrogen-bond donors (Lipinski definition) is 0. The number of esters is 1. The van der Waals surface area contributed by atoms with Gasteiger partial charge in [0.2, 0.25) is 0 Å². The second-order valence-corrected chi connectivity index (χ2v) is 7.17. The highest BCUT2D eigenvalue weighted by Crippen LogP contribution is 2.35. The van der Waals surface area contributed by atoms with Gasteiger partial charge in [0.15, 0.2) is 0 Å². The fourth-order valence-corrected chi connectivity index (χ4v) is 3.52. The first kappa shape index (κ1) is 18.3. The number of benzene rings is 1. The van der Waals surface area contributed by atoms with E-state index in [1.165, 1.54) is 6.08 Å². The third-order valence-corrected chi connectivity index (χ3v) is 4.75. The van der Waals surface area contributed by atoms with Crippen molar-refractivity contribution in [1.29, 1.82) is 0 Å². The van der Waals surface area contributed by atoms with Crippen molar-refractivity contribution in [2.75, 3.05) is 11.5 Å². The van der Waals surface area contributed by atoms with Gasteiger partial charge in [-0.05, 0) is 57.9 Å². The molecule has 6 heteroatoms. The molecular weight excluding hydrogens is 334 g/mol. The van der Waals surface area contributed by atoms with E-state index in [4.69, 9.17) is 9.47 Å². The van der Waals surface area contributed by atoms with E-state index in [2.05, 4.69) is 6.92 Å². The van der Waals surface area contributed by atoms with Crippen molar-refractivity contribution in [1.82, 2.24) is 0 Å². The van der Waals surface area contributed by atoms with E-state index in [0.717, 1.165) is 24.2 Å². The summed E-state index contributed by atoms with van der Waals surface area (Å²) in [4.78, 5) is 37.0. The van der Waals surface area contributed by atoms with Gasteiger partial charge in [0.1, 0.15) is 0 Å². The first-order valence-corrected chi connectivity index (χ1v) is 8.81. The average Bonchev–Trinajstić information content (AvgIpc) is 2.83. The van der Waals surface area contributed by atoms with Crippen LogP contribution in [0.5, 0.6) is 0 Å². The van der Waals surface area contributed by atoms with E-state index in [1.54, 1.807) is 31.2 Å². The van der Waals surface area contributed by atoms with Gasteiger partial charge in [-0.25, -0.2) is 9.69 Å². The molecule has 1 fully saturated rings. The molecule has 0 aromatic heterocycles. The summed E-state index contributed by atoms with van der Waals surface area (Å²) in [5.41, 5.74) is 1.14. The van der Waals surface area contributed by atoms with E-state index >= 15 is 0 Å². The lowest BCUT2D eigenvalue weighted by molar-refractivity contribution is -0.191. The monoisotopic (exact) mass is 357 g/mol. The lowest BCUT2D eigenvalue weighted by Gasteiger charge is -2.44. The summed E-state index contributed by atoms with van der Waals surface area (Å²) in [6.07, 6.45) is 4.25. The Morgan fingerprint density at radius 1 is 1.31 bits per heavy atom. The zero-order chi connectivity index (χ0) is 18.9. The number of ether oxygens (including phenoxy) is 2. The van der Waals surface area contributed by atoms with Crippen LogP contribution in [-0.2, 0) is 19.1 Å². The second-order valence-electron chi connectivity index (χ2n) is 7.17. The standard InChI is InChI=1S/C20H23NO5/c1-13-11-17(22)21(18(13)23)16-7-5-15(6-8-16)19(24)25-10-4-9-20(3)12-14(2)26-20/h5-8,11,14H,4,9-10,12H2,1-3H3. The van der Waals surface area contributed by atoms with Crippen molar-refractivity contribution in [3.8, 4) is 0 Å². The summed E-state index contributed by atoms with van der Waals surface area (Å²) in [5.74, 6) is -1.13. The van der Waals surface area contributed by atoms with Gasteiger partial charge in [-0.3, -0.25) is 9.59 Å². The van der Waals surface area contributed by atoms with Crippen molar-refractivity contribution in [2.24, 2.45) is 0 Å². The first-order valence-electron chi connectivity index (χ1n) is 8.81. The first-order chi connectivity index (χ1) is 12.3. The second kappa shape index (κ2) is 7.03. The molecule has 0 N–H and O–H groups in total. The molecule has 2 aliphatic rings. The molecular formula is C20H23NO5. The highest BCUT2D eigenvalue weighted by molar-refractivity contribution is 6.30. The highest BCUT2D eigenvalue weighted by Gasteiger charge is 2.38. The Kier molecular flexibility index (Phi) is 4.96. The molecule has 2 heterocycles. The number of imide groups is 1. The number of hydrogen-bond acceptors (Lipinski definition) is 5. The Labute approximate surface area is 152 Å². The van der Waals surface area contributed by atoms with Crippen molar-refractivity contribution >= 4 is 23.5 Å². The van der Waals surface area contributed by atoms with Crippen molar-refractivity contribution in [3.63, 3.8) is 0 Å². The Morgan fingerprint density at radius 3 is 2.50 bits per heavy atom. The maximum Gasteiger partial charge on any atom is 0.338 e. The van der Waals surface area contributed by atoms with Gasteiger partial charge in [-0.1, -0.05) is 0 Å². The van der Waals surface area contributed by atoms with Crippen molar-refractivity contribution in [3.05, 3.63) is 41.5 Å². The predicted molar refractivity (Wildman–Crippen MR) is 95.8 cm³/mol. The molecule has 1 saturated heterocycles. The minimum absolute atomic E-state index is 0.0888. The summed E-state index contributed by atoms with van der Waals surface area (Å²) in [6, 6.07) is 6.26. The molecule has 0 bridgehead atoms. The topological polar surface area (TPSA) is 72.9 Å². The number of rotatable bonds is 6. The highest BCUT2D eigenvalue weighted by atomic mass is 16.5. The number of carbonyl (C=O) groups excluding carboxylic acids is 3. The minimum atomic E-state index is -0.419. The van der Waals surface area contributed by atoms with Crippen LogP contribution in [0.3, 0.4) is 0 Å². The van der Waals surface area contributed by atoms with Gasteiger partial charge in [-0.2, -0.15) is 0 Å². The number of carbonyl (C=O) groups is 3. The third kappa shape index (κ3) is 3.70. The molecule has 0 radical (unpaired) electrons. The molecule has 138 valence electrons. The molecule has 2 amide bonds. The van der Waals surface area contributed by atoms with Gasteiger partial charge < -0.3 is 9.47 Å². The molecule has 1 aromatic carbocycles. The lowest BCUT2D eigenvalue weighted by atomic mass is 9.87. The molecule has 1 aromatic rings. The normalized spacial score (nSPS) is 25.1. The lowest BCUT2D eigenvalue weighted by Crippen LogP contribution is -2.46. The maximum absolute atomic E-state index is 12.1. The molecule has 2 unspecified atom stereocenters. The SMILES string of the molecule is CC1=CC(=O)N(c2ccc(C(=O)OCCCC3(C)CC(C)O3)cc2)C1=O. The minimum Gasteiger partial charge on any atom is -0.462 e. The molecule has 3 rings (SSSR count). The Morgan fingerprint density at radius 2 is 1.96 bits per heavy atom. The largest absolute Gasteiger partial charge is 0.462 e. The predicted octanol–water partition coefficient (Wildman–Crippen LogP) is 3.01. The maximum atomic E-state index is 12.1. The van der Waals surface area contributed by atoms with Crippen LogP contribution in [0.4, 0.5) is 5.69 Å². The zero-order valence-corrected chi connectivity index (χ0v) is 15.3. The molecule has 2 aliphatic heterocycles. The van der Waals surface area contributed by atoms with Gasteiger partial charge in [0, 0.05) is 18.1 Å². The average molecular weight is 357 g/mol. The smallest absolute Gasteiger partial charge is 0.338 e. The van der Waals surface area contributed by atoms with Crippen LogP contribution in [0.15, 0.2) is 35.9 Å². The molecule has 0 spiro atoms. The Bertz CT molecular complexity index is 759. The summed E-state index contributed by atoms with van der Waals surface area (Å²) >= 11 is 0. The van der Waals surface area contributed by atoms with Crippen LogP contribution in [0.25, 0.3) is 0 Å². The third-order valence-electron chi connectivity index (χ3n) is 4.75. The number of anilines is 1. The van der Waals surface area contributed by atoms with E-state index in [-0.39, 0.29) is 17.4 Å². The Hall–Kier alpha value is -2.47. The van der Waals surface area contributed by atoms with E-state index < -0.39 is 5.97 Å². The summed E-state index contributed by atoms with van der Waals surface area (Å²) in [7, 11) is 0. The fraction of sp³-hybridized carbons (Fsp3) is 0.450. The van der Waals surface area contributed by atoms with Gasteiger partial charge in [-0.15, -0.1) is 0 Å². The molecule has 6 nitrogen and oxygen atoms in total. The number of amides is 2. The van der Waals surface area contributed by atoms with E-state index in [0.29, 0.717) is 29.5 Å². The molecule has 0 saturated carbocycles. The van der Waals surface area contributed by atoms with Gasteiger partial charge in [0.25, 0.3) is 11.8 Å². The summed E-state index contributed by atoms with van der Waals surface area (Å²) < 4.78 is 11.0.